The van der Waals surface area contributed by atoms with Crippen LogP contribution in [-0.2, 0) is 33.1 Å². The number of aromatic nitrogens is 2. The summed E-state index contributed by atoms with van der Waals surface area (Å²) in [6.45, 7) is 1.67. The summed E-state index contributed by atoms with van der Waals surface area (Å²) in [6.07, 6.45) is 0.0570. The Kier molecular flexibility index (Phi) is 5.25. The summed E-state index contributed by atoms with van der Waals surface area (Å²) in [5, 5.41) is 14.8. The standard InChI is InChI=1S/C29H24N4O7/c1-2-29(37)19-8-21-26-17(11-33(21)27(35)18(19)12-38-28(29)36)25(14-3-5-15(6-4-14)31-24(34)10-30)16-7-22-23(40-13-39-22)9-20(16)32-26/h3-9,37H,2,10-13,30H2,1H3,(H,31,34)/t29-/m0/s1. The normalized spacial score (nSPS) is 18.2. The number of fused-ring (bicyclic) bond motifs is 6. The zero-order valence-electron chi connectivity index (χ0n) is 21.4. The van der Waals surface area contributed by atoms with E-state index in [1.165, 1.54) is 0 Å². The van der Waals surface area contributed by atoms with Crippen LogP contribution in [0.2, 0.25) is 0 Å². The summed E-state index contributed by atoms with van der Waals surface area (Å²) in [5.41, 5.74) is 8.47. The third-order valence-corrected chi connectivity index (χ3v) is 7.82. The van der Waals surface area contributed by atoms with Gasteiger partial charge in [0.05, 0.1) is 35.6 Å². The van der Waals surface area contributed by atoms with Crippen LogP contribution in [0.25, 0.3) is 33.4 Å². The average Bonchev–Trinajstić information content (AvgIpc) is 3.57. The van der Waals surface area contributed by atoms with E-state index in [0.717, 1.165) is 22.1 Å². The number of nitrogens with zero attached hydrogens (tertiary/aromatic N) is 2. The number of nitrogens with one attached hydrogen (secondary N) is 1. The fraction of sp³-hybridized carbons (Fsp3) is 0.241. The number of pyridine rings is 2. The van der Waals surface area contributed by atoms with Crippen LogP contribution in [0.4, 0.5) is 5.69 Å². The zero-order valence-corrected chi connectivity index (χ0v) is 21.4. The van der Waals surface area contributed by atoms with Crippen molar-refractivity contribution < 1.29 is 28.9 Å². The van der Waals surface area contributed by atoms with Crippen molar-refractivity contribution in [2.75, 3.05) is 18.7 Å². The number of cyclic esters (lactones) is 1. The molecule has 11 nitrogen and oxygen atoms in total. The minimum atomic E-state index is -1.92. The van der Waals surface area contributed by atoms with Gasteiger partial charge in [-0.3, -0.25) is 9.59 Å². The molecule has 2 aromatic carbocycles. The molecule has 4 N–H and O–H groups in total. The fourth-order valence-corrected chi connectivity index (χ4v) is 5.73. The first-order valence-corrected chi connectivity index (χ1v) is 12.9. The minimum absolute atomic E-state index is 0.0570. The molecule has 202 valence electrons. The Balaban J connectivity index is 1.48. The van der Waals surface area contributed by atoms with Crippen LogP contribution in [0.3, 0.4) is 0 Å². The highest BCUT2D eigenvalue weighted by Crippen LogP contribution is 2.46. The predicted molar refractivity (Wildman–Crippen MR) is 144 cm³/mol. The number of benzene rings is 2. The SMILES string of the molecule is CC[C@@]1(O)C(=O)OCc2c1cc1n(c2=O)Cc2c-1nc1cc3c(cc1c2-c1ccc(NC(=O)CN)cc1)OCO3. The van der Waals surface area contributed by atoms with Crippen LogP contribution >= 0.6 is 0 Å². The van der Waals surface area contributed by atoms with Gasteiger partial charge in [0, 0.05) is 28.3 Å². The van der Waals surface area contributed by atoms with Gasteiger partial charge in [-0.2, -0.15) is 0 Å². The summed E-state index contributed by atoms with van der Waals surface area (Å²) in [4.78, 5) is 43.0. The van der Waals surface area contributed by atoms with Crippen LogP contribution in [0, 0.1) is 0 Å². The van der Waals surface area contributed by atoms with Crippen LogP contribution in [0.15, 0.2) is 47.3 Å². The van der Waals surface area contributed by atoms with E-state index >= 15 is 0 Å². The maximum Gasteiger partial charge on any atom is 0.343 e. The average molecular weight is 541 g/mol. The summed E-state index contributed by atoms with van der Waals surface area (Å²) in [5.74, 6) is 0.0829. The highest BCUT2D eigenvalue weighted by Gasteiger charge is 2.45. The number of esters is 1. The Morgan fingerprint density at radius 3 is 2.58 bits per heavy atom. The molecule has 0 saturated heterocycles. The number of ether oxygens (including phenoxy) is 3. The lowest BCUT2D eigenvalue weighted by Gasteiger charge is -2.31. The third kappa shape index (κ3) is 3.38. The van der Waals surface area contributed by atoms with Crippen LogP contribution in [0.1, 0.15) is 30.0 Å². The lowest BCUT2D eigenvalue weighted by molar-refractivity contribution is -0.172. The molecule has 40 heavy (non-hydrogen) atoms. The number of anilines is 1. The highest BCUT2D eigenvalue weighted by atomic mass is 16.7. The van der Waals surface area contributed by atoms with Crippen LogP contribution < -0.4 is 26.1 Å². The lowest BCUT2D eigenvalue weighted by atomic mass is 9.86. The minimum Gasteiger partial charge on any atom is -0.458 e. The Hall–Kier alpha value is -4.74. The number of carbonyl (C=O) groups is 2. The van der Waals surface area contributed by atoms with Gasteiger partial charge in [-0.1, -0.05) is 19.1 Å². The van der Waals surface area contributed by atoms with E-state index in [1.54, 1.807) is 35.8 Å². The molecule has 7 rings (SSSR count). The van der Waals surface area contributed by atoms with Gasteiger partial charge in [-0.15, -0.1) is 0 Å². The van der Waals surface area contributed by atoms with Gasteiger partial charge in [-0.25, -0.2) is 9.78 Å². The summed E-state index contributed by atoms with van der Waals surface area (Å²) in [7, 11) is 0. The molecule has 0 unspecified atom stereocenters. The first-order chi connectivity index (χ1) is 19.3. The number of hydrogen-bond donors (Lipinski definition) is 3. The third-order valence-electron chi connectivity index (χ3n) is 7.82. The number of rotatable bonds is 4. The zero-order chi connectivity index (χ0) is 27.8. The largest absolute Gasteiger partial charge is 0.458 e. The van der Waals surface area contributed by atoms with Gasteiger partial charge in [0.1, 0.15) is 6.61 Å². The first kappa shape index (κ1) is 24.3. The van der Waals surface area contributed by atoms with Crippen LogP contribution in [0.5, 0.6) is 11.5 Å². The molecule has 11 heteroatoms. The van der Waals surface area contributed by atoms with Gasteiger partial charge < -0.3 is 34.9 Å². The maximum atomic E-state index is 13.7. The summed E-state index contributed by atoms with van der Waals surface area (Å²) >= 11 is 0. The molecule has 0 saturated carbocycles. The van der Waals surface area contributed by atoms with E-state index < -0.39 is 11.6 Å². The molecule has 4 aromatic rings. The highest BCUT2D eigenvalue weighted by molar-refractivity contribution is 6.02. The lowest BCUT2D eigenvalue weighted by Crippen LogP contribution is -2.44. The van der Waals surface area contributed by atoms with E-state index in [9.17, 15) is 19.5 Å². The van der Waals surface area contributed by atoms with Crippen molar-refractivity contribution in [1.29, 1.82) is 0 Å². The molecule has 3 aliphatic rings. The molecule has 0 bridgehead atoms. The number of hydrogen-bond acceptors (Lipinski definition) is 9. The van der Waals surface area contributed by atoms with Crippen molar-refractivity contribution in [1.82, 2.24) is 9.55 Å². The summed E-state index contributed by atoms with van der Waals surface area (Å²) in [6, 6.07) is 12.7. The van der Waals surface area contributed by atoms with Crippen molar-refractivity contribution in [3.05, 3.63) is 69.5 Å². The Morgan fingerprint density at radius 2 is 1.85 bits per heavy atom. The van der Waals surface area contributed by atoms with Crippen molar-refractivity contribution in [2.24, 2.45) is 5.73 Å². The summed E-state index contributed by atoms with van der Waals surface area (Å²) < 4.78 is 18.0. The molecule has 2 aromatic heterocycles. The monoisotopic (exact) mass is 540 g/mol. The van der Waals surface area contributed by atoms with Gasteiger partial charge in [0.25, 0.3) is 5.56 Å². The van der Waals surface area contributed by atoms with Gasteiger partial charge in [0.2, 0.25) is 12.7 Å². The van der Waals surface area contributed by atoms with Crippen molar-refractivity contribution in [3.63, 3.8) is 0 Å². The molecule has 1 atom stereocenters. The Labute approximate surface area is 227 Å². The van der Waals surface area contributed by atoms with Gasteiger partial charge in [0.15, 0.2) is 17.1 Å². The Morgan fingerprint density at radius 1 is 1.10 bits per heavy atom. The molecular weight excluding hydrogens is 516 g/mol. The molecule has 0 fully saturated rings. The predicted octanol–water partition coefficient (Wildman–Crippen LogP) is 2.37. The second kappa shape index (κ2) is 8.63. The molecule has 3 aliphatic heterocycles. The van der Waals surface area contributed by atoms with Crippen LogP contribution in [-0.4, -0.2) is 39.9 Å². The molecule has 0 aliphatic carbocycles. The Bertz CT molecular complexity index is 1830. The second-order valence-corrected chi connectivity index (χ2v) is 9.97. The fourth-order valence-electron chi connectivity index (χ4n) is 5.73. The van der Waals surface area contributed by atoms with E-state index in [4.69, 9.17) is 24.9 Å². The van der Waals surface area contributed by atoms with E-state index in [0.29, 0.717) is 34.1 Å². The quantitative estimate of drug-likeness (QED) is 0.291. The molecule has 5 heterocycles. The second-order valence-electron chi connectivity index (χ2n) is 9.97. The number of aliphatic hydroxyl groups is 1. The smallest absolute Gasteiger partial charge is 0.343 e. The van der Waals surface area contributed by atoms with Gasteiger partial charge in [-0.05, 0) is 41.8 Å². The van der Waals surface area contributed by atoms with E-state index in [2.05, 4.69) is 5.32 Å². The van der Waals surface area contributed by atoms with Crippen molar-refractivity contribution >= 4 is 28.5 Å². The number of nitrogens with two attached hydrogens (primary N) is 1. The molecule has 0 radical (unpaired) electrons. The number of amides is 1. The van der Waals surface area contributed by atoms with Gasteiger partial charge >= 0.3 is 5.97 Å². The topological polar surface area (TPSA) is 155 Å². The van der Waals surface area contributed by atoms with E-state index in [-0.39, 0.29) is 55.5 Å². The first-order valence-electron chi connectivity index (χ1n) is 12.9. The molecule has 1 amide bonds. The molecule has 0 spiro atoms. The molecular formula is C29H24N4O7. The van der Waals surface area contributed by atoms with E-state index in [1.807, 2.05) is 18.2 Å². The van der Waals surface area contributed by atoms with Crippen molar-refractivity contribution in [2.45, 2.75) is 32.1 Å². The maximum absolute atomic E-state index is 13.7. The number of carbonyl (C=O) groups excluding carboxylic acids is 2. The van der Waals surface area contributed by atoms with Crippen molar-refractivity contribution in [3.8, 4) is 34.0 Å².